The van der Waals surface area contributed by atoms with Crippen LogP contribution in [0.4, 0.5) is 0 Å². The van der Waals surface area contributed by atoms with Gasteiger partial charge >= 0.3 is 0 Å². The summed E-state index contributed by atoms with van der Waals surface area (Å²) in [4.78, 5) is 1.06. The summed E-state index contributed by atoms with van der Waals surface area (Å²) in [5, 5.41) is 9.37. The Morgan fingerprint density at radius 1 is 1.46 bits per heavy atom. The van der Waals surface area contributed by atoms with Gasteiger partial charge in [0.25, 0.3) is 0 Å². The molecule has 2 nitrogen and oxygen atoms in total. The first-order valence-corrected chi connectivity index (χ1v) is 5.37. The van der Waals surface area contributed by atoms with Gasteiger partial charge in [-0.3, -0.25) is 0 Å². The molecule has 0 saturated carbocycles. The number of hydrogen-bond acceptors (Lipinski definition) is 3. The Morgan fingerprint density at radius 3 is 2.85 bits per heavy atom. The van der Waals surface area contributed by atoms with E-state index in [-0.39, 0.29) is 6.61 Å². The average molecular weight is 218 g/mol. The van der Waals surface area contributed by atoms with E-state index in [2.05, 4.69) is 0 Å². The molecule has 0 atom stereocenters. The minimum Gasteiger partial charge on any atom is -0.396 e. The quantitative estimate of drug-likeness (QED) is 0.758. The van der Waals surface area contributed by atoms with Crippen LogP contribution in [0.2, 0.25) is 5.02 Å². The molecule has 0 saturated heterocycles. The van der Waals surface area contributed by atoms with Gasteiger partial charge in [-0.1, -0.05) is 17.7 Å². The smallest absolute Gasteiger partial charge is 0.0525 e. The maximum atomic E-state index is 8.68. The molecule has 0 amide bonds. The van der Waals surface area contributed by atoms with Gasteiger partial charge in [-0.2, -0.15) is 0 Å². The fourth-order valence-electron chi connectivity index (χ4n) is 1.03. The van der Waals surface area contributed by atoms with Crippen LogP contribution in [0.5, 0.6) is 0 Å². The molecule has 4 heteroatoms. The number of thioether (sulfide) groups is 1. The summed E-state index contributed by atoms with van der Waals surface area (Å²) >= 11 is 7.52. The lowest BCUT2D eigenvalue weighted by molar-refractivity contribution is 0.322. The third kappa shape index (κ3) is 2.88. The van der Waals surface area contributed by atoms with Crippen molar-refractivity contribution in [3.8, 4) is 0 Å². The number of nitrogens with two attached hydrogens (primary N) is 1. The van der Waals surface area contributed by atoms with Crippen molar-refractivity contribution in [2.24, 2.45) is 5.73 Å². The second kappa shape index (κ2) is 5.50. The Bertz CT molecular complexity index is 280. The Morgan fingerprint density at radius 2 is 2.23 bits per heavy atom. The van der Waals surface area contributed by atoms with Crippen molar-refractivity contribution in [3.63, 3.8) is 0 Å². The van der Waals surface area contributed by atoms with Crippen LogP contribution in [0.25, 0.3) is 0 Å². The standard InChI is InChI=1S/C9H12ClNOS/c10-8-2-1-3-9(7(8)6-11)13-5-4-12/h1-3,12H,4-6,11H2. The highest BCUT2D eigenvalue weighted by Gasteiger charge is 2.04. The van der Waals surface area contributed by atoms with E-state index in [1.807, 2.05) is 18.2 Å². The molecule has 0 bridgehead atoms. The van der Waals surface area contributed by atoms with E-state index in [4.69, 9.17) is 22.4 Å². The van der Waals surface area contributed by atoms with Gasteiger partial charge in [0.15, 0.2) is 0 Å². The van der Waals surface area contributed by atoms with Crippen molar-refractivity contribution in [2.75, 3.05) is 12.4 Å². The van der Waals surface area contributed by atoms with E-state index in [0.717, 1.165) is 10.5 Å². The highest BCUT2D eigenvalue weighted by Crippen LogP contribution is 2.27. The second-order valence-electron chi connectivity index (χ2n) is 2.49. The number of aliphatic hydroxyl groups is 1. The minimum atomic E-state index is 0.168. The zero-order chi connectivity index (χ0) is 9.68. The molecule has 1 rings (SSSR count). The van der Waals surface area contributed by atoms with Crippen LogP contribution in [-0.4, -0.2) is 17.5 Å². The van der Waals surface area contributed by atoms with Crippen molar-refractivity contribution in [2.45, 2.75) is 11.4 Å². The maximum absolute atomic E-state index is 8.68. The third-order valence-electron chi connectivity index (χ3n) is 1.63. The monoisotopic (exact) mass is 217 g/mol. The third-order valence-corrected chi connectivity index (χ3v) is 3.06. The van der Waals surface area contributed by atoms with Gasteiger partial charge in [-0.05, 0) is 17.7 Å². The van der Waals surface area contributed by atoms with Crippen LogP contribution >= 0.6 is 23.4 Å². The van der Waals surface area contributed by atoms with Gasteiger partial charge in [0.1, 0.15) is 0 Å². The highest BCUT2D eigenvalue weighted by molar-refractivity contribution is 7.99. The molecule has 0 aromatic heterocycles. The van der Waals surface area contributed by atoms with Crippen LogP contribution in [0, 0.1) is 0 Å². The molecule has 0 heterocycles. The average Bonchev–Trinajstić information content (AvgIpc) is 2.15. The lowest BCUT2D eigenvalue weighted by Gasteiger charge is -2.07. The van der Waals surface area contributed by atoms with E-state index in [1.54, 1.807) is 11.8 Å². The lowest BCUT2D eigenvalue weighted by Crippen LogP contribution is -2.00. The molecule has 3 N–H and O–H groups in total. The summed E-state index contributed by atoms with van der Waals surface area (Å²) in [6.45, 7) is 0.606. The molecule has 0 radical (unpaired) electrons. The molecular weight excluding hydrogens is 206 g/mol. The minimum absolute atomic E-state index is 0.168. The lowest BCUT2D eigenvalue weighted by atomic mass is 10.2. The summed E-state index contributed by atoms with van der Waals surface area (Å²) in [5.74, 6) is 0.674. The molecule has 0 aliphatic carbocycles. The Labute approximate surface area is 87.1 Å². The van der Waals surface area contributed by atoms with E-state index in [9.17, 15) is 0 Å². The molecule has 0 spiro atoms. The molecule has 0 fully saturated rings. The van der Waals surface area contributed by atoms with Crippen LogP contribution < -0.4 is 5.73 Å². The topological polar surface area (TPSA) is 46.2 Å². The first-order valence-electron chi connectivity index (χ1n) is 4.00. The normalized spacial score (nSPS) is 10.4. The molecule has 0 aliphatic rings. The number of aliphatic hydroxyl groups excluding tert-OH is 1. The van der Waals surface area contributed by atoms with Crippen LogP contribution in [0.1, 0.15) is 5.56 Å². The van der Waals surface area contributed by atoms with E-state index in [0.29, 0.717) is 17.3 Å². The zero-order valence-corrected chi connectivity index (χ0v) is 8.74. The number of halogens is 1. The Hall–Kier alpha value is -0.220. The van der Waals surface area contributed by atoms with Gasteiger partial charge in [0.05, 0.1) is 6.61 Å². The first kappa shape index (κ1) is 10.9. The van der Waals surface area contributed by atoms with Crippen molar-refractivity contribution in [3.05, 3.63) is 28.8 Å². The van der Waals surface area contributed by atoms with Crippen LogP contribution in [0.15, 0.2) is 23.1 Å². The molecule has 72 valence electrons. The summed E-state index contributed by atoms with van der Waals surface area (Å²) in [7, 11) is 0. The predicted molar refractivity (Wildman–Crippen MR) is 57.2 cm³/mol. The molecule has 1 aromatic carbocycles. The highest BCUT2D eigenvalue weighted by atomic mass is 35.5. The van der Waals surface area contributed by atoms with Crippen molar-refractivity contribution < 1.29 is 5.11 Å². The molecule has 0 unspecified atom stereocenters. The zero-order valence-electron chi connectivity index (χ0n) is 7.16. The summed E-state index contributed by atoms with van der Waals surface area (Å²) in [6, 6.07) is 5.68. The van der Waals surface area contributed by atoms with Gasteiger partial charge in [-0.15, -0.1) is 11.8 Å². The van der Waals surface area contributed by atoms with Gasteiger partial charge in [0.2, 0.25) is 0 Å². The van der Waals surface area contributed by atoms with Gasteiger partial charge < -0.3 is 10.8 Å². The van der Waals surface area contributed by atoms with Crippen molar-refractivity contribution in [1.82, 2.24) is 0 Å². The maximum Gasteiger partial charge on any atom is 0.0525 e. The Balaban J connectivity index is 2.85. The summed E-state index contributed by atoms with van der Waals surface area (Å²) < 4.78 is 0. The predicted octanol–water partition coefficient (Wildman–Crippen LogP) is 1.88. The number of hydrogen-bond donors (Lipinski definition) is 2. The van der Waals surface area contributed by atoms with Crippen LogP contribution in [0.3, 0.4) is 0 Å². The van der Waals surface area contributed by atoms with E-state index >= 15 is 0 Å². The second-order valence-corrected chi connectivity index (χ2v) is 4.04. The fraction of sp³-hybridized carbons (Fsp3) is 0.333. The van der Waals surface area contributed by atoms with Crippen LogP contribution in [-0.2, 0) is 6.54 Å². The summed E-state index contributed by atoms with van der Waals surface area (Å²) in [5.41, 5.74) is 6.52. The van der Waals surface area contributed by atoms with Gasteiger partial charge in [-0.25, -0.2) is 0 Å². The van der Waals surface area contributed by atoms with E-state index < -0.39 is 0 Å². The van der Waals surface area contributed by atoms with Crippen molar-refractivity contribution in [1.29, 1.82) is 0 Å². The Kier molecular flexibility index (Phi) is 4.59. The first-order chi connectivity index (χ1) is 6.29. The van der Waals surface area contributed by atoms with Gasteiger partial charge in [0, 0.05) is 22.2 Å². The molecule has 13 heavy (non-hydrogen) atoms. The fourth-order valence-corrected chi connectivity index (χ4v) is 2.19. The molecular formula is C9H12ClNOS. The molecule has 1 aromatic rings. The van der Waals surface area contributed by atoms with E-state index in [1.165, 1.54) is 0 Å². The largest absolute Gasteiger partial charge is 0.396 e. The number of benzene rings is 1. The van der Waals surface area contributed by atoms with Crippen molar-refractivity contribution >= 4 is 23.4 Å². The molecule has 0 aliphatic heterocycles. The summed E-state index contributed by atoms with van der Waals surface area (Å²) in [6.07, 6.45) is 0. The SMILES string of the molecule is NCc1c(Cl)cccc1SCCO. The number of rotatable bonds is 4.